The van der Waals surface area contributed by atoms with Crippen LogP contribution in [0.15, 0.2) is 69.8 Å². The fourth-order valence-corrected chi connectivity index (χ4v) is 4.20. The smallest absolute Gasteiger partial charge is 0.363 e. The first-order chi connectivity index (χ1) is 18.2. The van der Waals surface area contributed by atoms with Crippen molar-refractivity contribution in [2.75, 3.05) is 6.61 Å². The predicted octanol–water partition coefficient (Wildman–Crippen LogP) is 5.90. The number of rotatable bonds is 9. The Labute approximate surface area is 224 Å². The van der Waals surface area contributed by atoms with Gasteiger partial charge in [0.2, 0.25) is 5.90 Å². The van der Waals surface area contributed by atoms with Crippen LogP contribution in [-0.2, 0) is 16.1 Å². The van der Waals surface area contributed by atoms with Gasteiger partial charge in [0.1, 0.15) is 6.61 Å². The minimum absolute atomic E-state index is 0.0118. The van der Waals surface area contributed by atoms with Crippen LogP contribution in [0.3, 0.4) is 0 Å². The molecule has 194 valence electrons. The van der Waals surface area contributed by atoms with E-state index in [4.69, 9.17) is 14.2 Å². The number of carbonyl (C=O) groups excluding carboxylic acids is 1. The average Bonchev–Trinajstić information content (AvgIpc) is 3.23. The number of ether oxygens (including phenoxy) is 3. The number of hydrogen-bond acceptors (Lipinski definition) is 9. The quantitative estimate of drug-likeness (QED) is 0.131. The molecule has 0 aromatic heterocycles. The van der Waals surface area contributed by atoms with E-state index < -0.39 is 15.8 Å². The summed E-state index contributed by atoms with van der Waals surface area (Å²) in [4.78, 5) is 37.7. The van der Waals surface area contributed by atoms with Crippen molar-refractivity contribution in [2.45, 2.75) is 20.5 Å². The third-order valence-electron chi connectivity index (χ3n) is 5.43. The number of halogens is 1. The molecule has 0 bridgehead atoms. The van der Waals surface area contributed by atoms with Crippen molar-refractivity contribution < 1.29 is 28.9 Å². The van der Waals surface area contributed by atoms with Gasteiger partial charge in [-0.15, -0.1) is 0 Å². The van der Waals surface area contributed by atoms with Crippen molar-refractivity contribution in [3.63, 3.8) is 0 Å². The van der Waals surface area contributed by atoms with E-state index in [9.17, 15) is 25.0 Å². The molecule has 0 fully saturated rings. The number of nitro benzene ring substituents is 2. The van der Waals surface area contributed by atoms with Gasteiger partial charge in [-0.25, -0.2) is 9.79 Å². The Hall–Kier alpha value is -4.58. The number of nitrogens with zero attached hydrogens (tertiary/aromatic N) is 3. The number of benzene rings is 3. The molecule has 12 heteroatoms. The average molecular weight is 582 g/mol. The molecule has 0 spiro atoms. The van der Waals surface area contributed by atoms with Crippen LogP contribution >= 0.6 is 15.9 Å². The summed E-state index contributed by atoms with van der Waals surface area (Å²) in [6, 6.07) is 13.8. The number of carbonyl (C=O) groups is 1. The third-order valence-corrected chi connectivity index (χ3v) is 6.02. The molecule has 0 unspecified atom stereocenters. The molecule has 0 atom stereocenters. The van der Waals surface area contributed by atoms with Crippen LogP contribution in [0, 0.1) is 27.2 Å². The lowest BCUT2D eigenvalue weighted by Gasteiger charge is -2.15. The molecule has 0 N–H and O–H groups in total. The zero-order chi connectivity index (χ0) is 27.4. The minimum Gasteiger partial charge on any atom is -0.490 e. The molecule has 3 aromatic rings. The molecule has 0 saturated carbocycles. The van der Waals surface area contributed by atoms with Crippen molar-refractivity contribution in [1.29, 1.82) is 0 Å². The summed E-state index contributed by atoms with van der Waals surface area (Å²) < 4.78 is 17.5. The summed E-state index contributed by atoms with van der Waals surface area (Å²) in [5, 5.41) is 21.9. The van der Waals surface area contributed by atoms with Crippen LogP contribution < -0.4 is 9.47 Å². The van der Waals surface area contributed by atoms with E-state index >= 15 is 0 Å². The van der Waals surface area contributed by atoms with Gasteiger partial charge in [0, 0.05) is 29.3 Å². The fourth-order valence-electron chi connectivity index (χ4n) is 3.63. The summed E-state index contributed by atoms with van der Waals surface area (Å²) >= 11 is 3.48. The van der Waals surface area contributed by atoms with Crippen LogP contribution in [0.2, 0.25) is 0 Å². The largest absolute Gasteiger partial charge is 0.490 e. The third kappa shape index (κ3) is 5.86. The standard InChI is InChI=1S/C26H20BrN3O8/c1-3-36-23-13-17(11-20(27)24(23)37-14-16-4-7-19(8-5-16)29(32)33)12-21-26(31)38-25(28-21)18-6-9-22(30(34)35)15(2)10-18/h4-13H,3,14H2,1-2H3/b21-12-. The second kappa shape index (κ2) is 11.2. The summed E-state index contributed by atoms with van der Waals surface area (Å²) in [6.45, 7) is 3.90. The molecule has 1 heterocycles. The Morgan fingerprint density at radius 1 is 1.03 bits per heavy atom. The van der Waals surface area contributed by atoms with Crippen LogP contribution in [0.4, 0.5) is 11.4 Å². The van der Waals surface area contributed by atoms with Crippen LogP contribution in [0.5, 0.6) is 11.5 Å². The number of esters is 1. The van der Waals surface area contributed by atoms with E-state index in [0.717, 1.165) is 5.56 Å². The van der Waals surface area contributed by atoms with E-state index in [0.29, 0.717) is 39.3 Å². The monoisotopic (exact) mass is 581 g/mol. The minimum atomic E-state index is -0.663. The molecule has 1 aliphatic heterocycles. The molecule has 0 radical (unpaired) electrons. The lowest BCUT2D eigenvalue weighted by Crippen LogP contribution is -2.06. The summed E-state index contributed by atoms with van der Waals surface area (Å²) in [7, 11) is 0. The topological polar surface area (TPSA) is 143 Å². The van der Waals surface area contributed by atoms with Gasteiger partial charge in [0.05, 0.1) is 20.9 Å². The van der Waals surface area contributed by atoms with E-state index in [1.54, 1.807) is 31.2 Å². The highest BCUT2D eigenvalue weighted by Crippen LogP contribution is 2.38. The van der Waals surface area contributed by atoms with Gasteiger partial charge in [-0.2, -0.15) is 0 Å². The Morgan fingerprint density at radius 3 is 2.39 bits per heavy atom. The van der Waals surface area contributed by atoms with E-state index in [2.05, 4.69) is 20.9 Å². The lowest BCUT2D eigenvalue weighted by atomic mass is 10.1. The van der Waals surface area contributed by atoms with Gasteiger partial charge < -0.3 is 14.2 Å². The van der Waals surface area contributed by atoms with Crippen LogP contribution in [0.1, 0.15) is 29.2 Å². The predicted molar refractivity (Wildman–Crippen MR) is 141 cm³/mol. The molecule has 0 aliphatic carbocycles. The van der Waals surface area contributed by atoms with Crippen molar-refractivity contribution in [1.82, 2.24) is 0 Å². The number of aliphatic imine (C=N–C) groups is 1. The van der Waals surface area contributed by atoms with Crippen LogP contribution in [-0.4, -0.2) is 28.3 Å². The van der Waals surface area contributed by atoms with Crippen molar-refractivity contribution in [3.05, 3.63) is 107 Å². The Morgan fingerprint density at radius 2 is 1.76 bits per heavy atom. The molecule has 0 saturated heterocycles. The van der Waals surface area contributed by atoms with Gasteiger partial charge in [0.15, 0.2) is 17.2 Å². The molecular formula is C26H20BrN3O8. The second-order valence-electron chi connectivity index (χ2n) is 8.07. The van der Waals surface area contributed by atoms with Gasteiger partial charge in [-0.1, -0.05) is 0 Å². The molecule has 38 heavy (non-hydrogen) atoms. The number of aryl methyl sites for hydroxylation is 1. The second-order valence-corrected chi connectivity index (χ2v) is 8.92. The van der Waals surface area contributed by atoms with Gasteiger partial charge in [-0.3, -0.25) is 20.2 Å². The molecular weight excluding hydrogens is 562 g/mol. The maximum Gasteiger partial charge on any atom is 0.363 e. The zero-order valence-corrected chi connectivity index (χ0v) is 21.8. The first kappa shape index (κ1) is 26.5. The normalized spacial score (nSPS) is 13.7. The van der Waals surface area contributed by atoms with Crippen molar-refractivity contribution in [3.8, 4) is 11.5 Å². The molecule has 4 rings (SSSR count). The summed E-state index contributed by atoms with van der Waals surface area (Å²) in [6.07, 6.45) is 1.53. The highest BCUT2D eigenvalue weighted by Gasteiger charge is 2.26. The van der Waals surface area contributed by atoms with Crippen molar-refractivity contribution in [2.24, 2.45) is 4.99 Å². The SMILES string of the molecule is CCOc1cc(/C=C2\N=C(c3ccc([N+](=O)[O-])c(C)c3)OC2=O)cc(Br)c1OCc1ccc([N+](=O)[O-])cc1. The Kier molecular flexibility index (Phi) is 7.82. The maximum atomic E-state index is 12.5. The number of nitro groups is 2. The number of hydrogen-bond donors (Lipinski definition) is 0. The lowest BCUT2D eigenvalue weighted by molar-refractivity contribution is -0.385. The van der Waals surface area contributed by atoms with E-state index in [1.165, 1.54) is 36.4 Å². The first-order valence-corrected chi connectivity index (χ1v) is 12.1. The van der Waals surface area contributed by atoms with Gasteiger partial charge >= 0.3 is 5.97 Å². The summed E-state index contributed by atoms with van der Waals surface area (Å²) in [5.74, 6) is 0.221. The highest BCUT2D eigenvalue weighted by atomic mass is 79.9. The Bertz CT molecular complexity index is 1500. The fraction of sp³-hybridized carbons (Fsp3) is 0.154. The molecule has 3 aromatic carbocycles. The highest BCUT2D eigenvalue weighted by molar-refractivity contribution is 9.10. The van der Waals surface area contributed by atoms with Gasteiger partial charge in [-0.05, 0) is 83.4 Å². The first-order valence-electron chi connectivity index (χ1n) is 11.3. The number of non-ortho nitro benzene ring substituents is 1. The zero-order valence-electron chi connectivity index (χ0n) is 20.2. The van der Waals surface area contributed by atoms with Gasteiger partial charge in [0.25, 0.3) is 11.4 Å². The molecule has 1 aliphatic rings. The molecule has 0 amide bonds. The van der Waals surface area contributed by atoms with Crippen molar-refractivity contribution >= 4 is 45.2 Å². The molecule has 11 nitrogen and oxygen atoms in total. The maximum absolute atomic E-state index is 12.5. The van der Waals surface area contributed by atoms with Crippen LogP contribution in [0.25, 0.3) is 6.08 Å². The van der Waals surface area contributed by atoms with E-state index in [1.807, 2.05) is 6.92 Å². The van der Waals surface area contributed by atoms with E-state index in [-0.39, 0.29) is 29.6 Å². The Balaban J connectivity index is 1.58. The summed E-state index contributed by atoms with van der Waals surface area (Å²) in [5.41, 5.74) is 2.16. The number of cyclic esters (lactones) is 1.